The first kappa shape index (κ1) is 22.4. The zero-order valence-corrected chi connectivity index (χ0v) is 18.0. The number of hydrogen-bond donors (Lipinski definition) is 1. The Bertz CT molecular complexity index is 1150. The van der Waals surface area contributed by atoms with Crippen LogP contribution in [0.1, 0.15) is 18.9 Å². The van der Waals surface area contributed by atoms with Gasteiger partial charge in [-0.3, -0.25) is 0 Å². The van der Waals surface area contributed by atoms with Gasteiger partial charge >= 0.3 is 5.51 Å². The van der Waals surface area contributed by atoms with Crippen molar-refractivity contribution in [1.29, 1.82) is 0 Å². The van der Waals surface area contributed by atoms with Crippen molar-refractivity contribution < 1.29 is 21.6 Å². The molecule has 30 heavy (non-hydrogen) atoms. The predicted molar refractivity (Wildman–Crippen MR) is 111 cm³/mol. The van der Waals surface area contributed by atoms with Crippen molar-refractivity contribution in [3.8, 4) is 22.0 Å². The number of thiazole rings is 1. The van der Waals surface area contributed by atoms with Gasteiger partial charge in [-0.05, 0) is 24.1 Å². The standard InChI is InChI=1S/C18H16ClF3N4O2S2/c1-2-6-23-17-24-7-5-14(26-17)16-25-15(9-29-16)12-4-3-11(8-13(12)19)10-30(27,28)18(20,21)22/h3-5,7-9H,2,6,10H2,1H3,(H,23,24,26). The SMILES string of the molecule is CCCNc1nccc(-c2nc(-c3ccc(CS(=O)(=O)C(F)(F)F)cc3Cl)cs2)n1. The highest BCUT2D eigenvalue weighted by Crippen LogP contribution is 2.34. The summed E-state index contributed by atoms with van der Waals surface area (Å²) in [5.74, 6) is -0.688. The summed E-state index contributed by atoms with van der Waals surface area (Å²) < 4.78 is 60.4. The average Bonchev–Trinajstić information content (AvgIpc) is 3.15. The zero-order chi connectivity index (χ0) is 21.9. The molecule has 0 bridgehead atoms. The van der Waals surface area contributed by atoms with E-state index in [2.05, 4.69) is 20.3 Å². The van der Waals surface area contributed by atoms with Crippen molar-refractivity contribution in [2.24, 2.45) is 0 Å². The third-order valence-corrected chi connectivity index (χ3v) is 6.53. The van der Waals surface area contributed by atoms with Gasteiger partial charge < -0.3 is 5.32 Å². The third-order valence-electron chi connectivity index (χ3n) is 3.93. The summed E-state index contributed by atoms with van der Waals surface area (Å²) >= 11 is 7.52. The zero-order valence-electron chi connectivity index (χ0n) is 15.6. The first-order chi connectivity index (χ1) is 14.1. The van der Waals surface area contributed by atoms with Gasteiger partial charge in [0, 0.05) is 23.7 Å². The number of alkyl halides is 3. The summed E-state index contributed by atoms with van der Waals surface area (Å²) in [7, 11) is -5.28. The molecule has 0 amide bonds. The topological polar surface area (TPSA) is 84.8 Å². The summed E-state index contributed by atoms with van der Waals surface area (Å²) in [6, 6.07) is 5.67. The van der Waals surface area contributed by atoms with Crippen LogP contribution in [0, 0.1) is 0 Å². The van der Waals surface area contributed by atoms with Gasteiger partial charge in [0.1, 0.15) is 10.7 Å². The van der Waals surface area contributed by atoms with E-state index in [-0.39, 0.29) is 10.6 Å². The van der Waals surface area contributed by atoms with Crippen molar-refractivity contribution >= 4 is 38.7 Å². The molecule has 0 unspecified atom stereocenters. The number of nitrogens with zero attached hydrogens (tertiary/aromatic N) is 3. The fourth-order valence-corrected chi connectivity index (χ4v) is 4.34. The number of benzene rings is 1. The minimum atomic E-state index is -5.32. The lowest BCUT2D eigenvalue weighted by molar-refractivity contribution is -0.0437. The fraction of sp³-hybridized carbons (Fsp3) is 0.278. The van der Waals surface area contributed by atoms with Crippen molar-refractivity contribution in [1.82, 2.24) is 15.0 Å². The van der Waals surface area contributed by atoms with Crippen LogP contribution < -0.4 is 5.32 Å². The molecule has 1 aromatic carbocycles. The highest BCUT2D eigenvalue weighted by atomic mass is 35.5. The smallest absolute Gasteiger partial charge is 0.354 e. The van der Waals surface area contributed by atoms with E-state index in [4.69, 9.17) is 11.6 Å². The Morgan fingerprint density at radius 1 is 1.17 bits per heavy atom. The van der Waals surface area contributed by atoms with Crippen LogP contribution in [-0.4, -0.2) is 35.4 Å². The van der Waals surface area contributed by atoms with Gasteiger partial charge in [0.2, 0.25) is 5.95 Å². The highest BCUT2D eigenvalue weighted by Gasteiger charge is 2.45. The van der Waals surface area contributed by atoms with Crippen molar-refractivity contribution in [2.75, 3.05) is 11.9 Å². The Hall–Kier alpha value is -2.24. The van der Waals surface area contributed by atoms with Crippen LogP contribution in [0.5, 0.6) is 0 Å². The second kappa shape index (κ2) is 8.86. The highest BCUT2D eigenvalue weighted by molar-refractivity contribution is 7.91. The summed E-state index contributed by atoms with van der Waals surface area (Å²) in [5.41, 5.74) is -3.77. The lowest BCUT2D eigenvalue weighted by atomic mass is 10.1. The normalized spacial score (nSPS) is 12.2. The second-order valence-electron chi connectivity index (χ2n) is 6.25. The molecular weight excluding hydrogens is 461 g/mol. The van der Waals surface area contributed by atoms with E-state index in [1.807, 2.05) is 6.92 Å². The first-order valence-corrected chi connectivity index (χ1v) is 11.6. The van der Waals surface area contributed by atoms with Crippen LogP contribution in [0.15, 0.2) is 35.8 Å². The summed E-state index contributed by atoms with van der Waals surface area (Å²) in [5, 5.41) is 5.56. The molecule has 12 heteroatoms. The van der Waals surface area contributed by atoms with E-state index < -0.39 is 21.1 Å². The molecule has 0 radical (unpaired) electrons. The molecule has 160 valence electrons. The quantitative estimate of drug-likeness (QED) is 0.506. The van der Waals surface area contributed by atoms with Crippen LogP contribution in [-0.2, 0) is 15.6 Å². The first-order valence-electron chi connectivity index (χ1n) is 8.71. The Balaban J connectivity index is 1.84. The third kappa shape index (κ3) is 5.08. The number of hydrogen-bond acceptors (Lipinski definition) is 7. The fourth-order valence-electron chi connectivity index (χ4n) is 2.47. The monoisotopic (exact) mass is 476 g/mol. The van der Waals surface area contributed by atoms with E-state index in [0.717, 1.165) is 13.0 Å². The lowest BCUT2D eigenvalue weighted by Gasteiger charge is -2.09. The van der Waals surface area contributed by atoms with E-state index in [1.54, 1.807) is 17.6 Å². The van der Waals surface area contributed by atoms with Crippen molar-refractivity contribution in [3.63, 3.8) is 0 Å². The molecule has 0 aliphatic carbocycles. The minimum Gasteiger partial charge on any atom is -0.354 e. The van der Waals surface area contributed by atoms with E-state index in [1.165, 1.54) is 29.5 Å². The molecule has 0 saturated carbocycles. The average molecular weight is 477 g/mol. The molecular formula is C18H16ClF3N4O2S2. The van der Waals surface area contributed by atoms with Gasteiger partial charge in [-0.15, -0.1) is 11.3 Å². The van der Waals surface area contributed by atoms with Crippen molar-refractivity contribution in [3.05, 3.63) is 46.4 Å². The van der Waals surface area contributed by atoms with Gasteiger partial charge in [0.25, 0.3) is 9.84 Å². The number of nitrogens with one attached hydrogen (secondary N) is 1. The maximum Gasteiger partial charge on any atom is 0.497 e. The second-order valence-corrected chi connectivity index (χ2v) is 9.50. The summed E-state index contributed by atoms with van der Waals surface area (Å²) in [4.78, 5) is 13.0. The molecule has 1 N–H and O–H groups in total. The van der Waals surface area contributed by atoms with Crippen LogP contribution in [0.3, 0.4) is 0 Å². The van der Waals surface area contributed by atoms with E-state index in [9.17, 15) is 21.6 Å². The van der Waals surface area contributed by atoms with Crippen LogP contribution in [0.4, 0.5) is 19.1 Å². The van der Waals surface area contributed by atoms with E-state index >= 15 is 0 Å². The molecule has 2 heterocycles. The number of anilines is 1. The Morgan fingerprint density at radius 3 is 2.60 bits per heavy atom. The minimum absolute atomic E-state index is 0.0565. The van der Waals surface area contributed by atoms with Crippen molar-refractivity contribution in [2.45, 2.75) is 24.6 Å². The molecule has 0 aliphatic heterocycles. The van der Waals surface area contributed by atoms with Gasteiger partial charge in [-0.25, -0.2) is 23.4 Å². The Morgan fingerprint density at radius 2 is 1.93 bits per heavy atom. The van der Waals surface area contributed by atoms with Gasteiger partial charge in [0.15, 0.2) is 0 Å². The molecule has 0 saturated heterocycles. The number of halogens is 4. The predicted octanol–water partition coefficient (Wildman–Crippen LogP) is 5.18. The maximum absolute atomic E-state index is 12.6. The molecule has 0 spiro atoms. The number of aromatic nitrogens is 3. The van der Waals surface area contributed by atoms with Gasteiger partial charge in [0.05, 0.1) is 16.5 Å². The van der Waals surface area contributed by atoms with E-state index in [0.29, 0.717) is 27.9 Å². The lowest BCUT2D eigenvalue weighted by Crippen LogP contribution is -2.24. The van der Waals surface area contributed by atoms with Crippen LogP contribution >= 0.6 is 22.9 Å². The molecule has 0 aliphatic rings. The van der Waals surface area contributed by atoms with Crippen LogP contribution in [0.25, 0.3) is 22.0 Å². The molecule has 2 aromatic heterocycles. The summed E-state index contributed by atoms with van der Waals surface area (Å²) in [6.45, 7) is 2.76. The number of sulfone groups is 1. The van der Waals surface area contributed by atoms with Crippen LogP contribution in [0.2, 0.25) is 5.02 Å². The number of rotatable bonds is 7. The summed E-state index contributed by atoms with van der Waals surface area (Å²) in [6.07, 6.45) is 2.54. The van der Waals surface area contributed by atoms with Gasteiger partial charge in [-0.1, -0.05) is 30.7 Å². The molecule has 0 atom stereocenters. The van der Waals surface area contributed by atoms with Gasteiger partial charge in [-0.2, -0.15) is 13.2 Å². The molecule has 0 fully saturated rings. The molecule has 3 rings (SSSR count). The Kier molecular flexibility index (Phi) is 6.63. The molecule has 3 aromatic rings. The molecule has 6 nitrogen and oxygen atoms in total. The maximum atomic E-state index is 12.6. The largest absolute Gasteiger partial charge is 0.497 e. The Labute approximate surface area is 180 Å².